The number of hydrogen-bond acceptors (Lipinski definition) is 6. The highest BCUT2D eigenvalue weighted by molar-refractivity contribution is 7.89. The summed E-state index contributed by atoms with van der Waals surface area (Å²) in [5, 5.41) is 20.3. The summed E-state index contributed by atoms with van der Waals surface area (Å²) in [5.41, 5.74) is 0.0706. The van der Waals surface area contributed by atoms with Crippen LogP contribution in [0.15, 0.2) is 23.4 Å². The zero-order valence-corrected chi connectivity index (χ0v) is 25.2. The Morgan fingerprint density at radius 3 is 2.54 bits per heavy atom. The maximum atomic E-state index is 13.5. The maximum Gasteiger partial charge on any atom is 0.260 e. The zero-order chi connectivity index (χ0) is 28.2. The number of aromatic nitrogens is 1. The Labute approximate surface area is 235 Å². The highest BCUT2D eigenvalue weighted by atomic mass is 32.2. The molecule has 1 N–H and O–H groups in total. The molecule has 7 nitrogen and oxygen atoms in total. The molecule has 9 atom stereocenters. The molecule has 1 aromatic rings. The Bertz CT molecular complexity index is 1200. The first kappa shape index (κ1) is 29.0. The molecule has 216 valence electrons. The van der Waals surface area contributed by atoms with Crippen LogP contribution in [0.2, 0.25) is 0 Å². The SMILES string of the molecule is CCOC[C@@]1(O)CC[C@@]2(C)[C@H](CC[C@@H]3[C@@H]2CC[C@]2(C)[C@@H]([C@@H](C)N(C)S(=O)(=O)c4ccc(C#N)cn4)CC[C@@H]32)C1. The number of ether oxygens (including phenoxy) is 1. The summed E-state index contributed by atoms with van der Waals surface area (Å²) in [7, 11) is -2.06. The van der Waals surface area contributed by atoms with Gasteiger partial charge in [0.25, 0.3) is 10.0 Å². The zero-order valence-electron chi connectivity index (χ0n) is 24.4. The predicted octanol–water partition coefficient (Wildman–Crippen LogP) is 5.39. The lowest BCUT2D eigenvalue weighted by molar-refractivity contribution is -0.165. The molecule has 4 fully saturated rings. The molecule has 1 aromatic heterocycles. The summed E-state index contributed by atoms with van der Waals surface area (Å²) < 4.78 is 34.2. The molecule has 5 rings (SSSR count). The summed E-state index contributed by atoms with van der Waals surface area (Å²) in [4.78, 5) is 4.10. The largest absolute Gasteiger partial charge is 0.387 e. The number of rotatable bonds is 7. The van der Waals surface area contributed by atoms with E-state index in [2.05, 4.69) is 25.8 Å². The van der Waals surface area contributed by atoms with Crippen LogP contribution in [0.25, 0.3) is 0 Å². The monoisotopic (exact) mass is 557 g/mol. The molecule has 4 saturated carbocycles. The molecule has 8 heteroatoms. The fourth-order valence-corrected chi connectivity index (χ4v) is 11.1. The van der Waals surface area contributed by atoms with Gasteiger partial charge in [-0.05, 0) is 124 Å². The summed E-state index contributed by atoms with van der Waals surface area (Å²) >= 11 is 0. The number of nitrogens with zero attached hydrogens (tertiary/aromatic N) is 3. The van der Waals surface area contributed by atoms with Gasteiger partial charge in [-0.1, -0.05) is 13.8 Å². The van der Waals surface area contributed by atoms with E-state index in [1.807, 2.05) is 13.0 Å². The third-order valence-corrected chi connectivity index (χ3v) is 14.0. The van der Waals surface area contributed by atoms with E-state index in [0.29, 0.717) is 48.4 Å². The van der Waals surface area contributed by atoms with Gasteiger partial charge >= 0.3 is 0 Å². The van der Waals surface area contributed by atoms with Crippen LogP contribution >= 0.6 is 0 Å². The first-order valence-electron chi connectivity index (χ1n) is 15.0. The van der Waals surface area contributed by atoms with E-state index in [1.165, 1.54) is 48.3 Å². The molecule has 0 unspecified atom stereocenters. The first-order valence-corrected chi connectivity index (χ1v) is 16.5. The molecule has 0 bridgehead atoms. The van der Waals surface area contributed by atoms with E-state index in [9.17, 15) is 13.5 Å². The fourth-order valence-electron chi connectivity index (χ4n) is 9.80. The molecule has 1 heterocycles. The Balaban J connectivity index is 1.32. The van der Waals surface area contributed by atoms with Crippen LogP contribution in [0.3, 0.4) is 0 Å². The van der Waals surface area contributed by atoms with E-state index in [-0.39, 0.29) is 21.9 Å². The Kier molecular flexibility index (Phi) is 7.72. The second-order valence-corrected chi connectivity index (χ2v) is 15.7. The van der Waals surface area contributed by atoms with Crippen molar-refractivity contribution in [3.63, 3.8) is 0 Å². The van der Waals surface area contributed by atoms with Crippen molar-refractivity contribution < 1.29 is 18.3 Å². The molecule has 0 amide bonds. The standard InChI is InChI=1S/C31H47N3O4S/c1-6-38-20-31(35)16-15-29(3)23(17-31)8-9-24-26-11-10-25(30(26,4)14-13-27(24)29)21(2)34(5)39(36,37)28-12-7-22(18-32)19-33-28/h7,12,19,21,23-27,35H,6,8-11,13-17,20H2,1-5H3/t21-,23-,24+,25-,26+,27+,29+,30-,31-/m1/s1. The van der Waals surface area contributed by atoms with Crippen molar-refractivity contribution in [2.75, 3.05) is 20.3 Å². The normalized spacial score (nSPS) is 40.8. The molecule has 0 spiro atoms. The average molecular weight is 558 g/mol. The van der Waals surface area contributed by atoms with Crippen molar-refractivity contribution in [2.24, 2.45) is 40.4 Å². The van der Waals surface area contributed by atoms with E-state index >= 15 is 0 Å². The second-order valence-electron chi connectivity index (χ2n) is 13.7. The van der Waals surface area contributed by atoms with Gasteiger partial charge in [0.05, 0.1) is 17.8 Å². The van der Waals surface area contributed by atoms with E-state index in [1.54, 1.807) is 7.05 Å². The quantitative estimate of drug-likeness (QED) is 0.482. The van der Waals surface area contributed by atoms with Crippen LogP contribution in [0.5, 0.6) is 0 Å². The lowest BCUT2D eigenvalue weighted by atomic mass is 9.43. The minimum absolute atomic E-state index is 0.00657. The number of pyridine rings is 1. The summed E-state index contributed by atoms with van der Waals surface area (Å²) in [6.45, 7) is 10.1. The van der Waals surface area contributed by atoms with Gasteiger partial charge < -0.3 is 9.84 Å². The molecular formula is C31H47N3O4S. The summed E-state index contributed by atoms with van der Waals surface area (Å²) in [6.07, 6.45) is 11.1. The topological polar surface area (TPSA) is 104 Å². The third kappa shape index (κ3) is 4.75. The molecule has 0 aliphatic heterocycles. The van der Waals surface area contributed by atoms with Gasteiger partial charge in [0.2, 0.25) is 0 Å². The molecule has 4 aliphatic rings. The third-order valence-electron chi connectivity index (χ3n) is 12.1. The number of aliphatic hydroxyl groups is 1. The van der Waals surface area contributed by atoms with Crippen LogP contribution in [0.1, 0.15) is 91.0 Å². The molecule has 4 aliphatic carbocycles. The highest BCUT2D eigenvalue weighted by Crippen LogP contribution is 2.68. The van der Waals surface area contributed by atoms with Gasteiger partial charge in [-0.25, -0.2) is 13.4 Å². The molecule has 0 saturated heterocycles. The molecule has 0 radical (unpaired) electrons. The summed E-state index contributed by atoms with van der Waals surface area (Å²) in [6, 6.07) is 4.84. The van der Waals surface area contributed by atoms with Gasteiger partial charge in [0, 0.05) is 25.9 Å². The van der Waals surface area contributed by atoms with Gasteiger partial charge in [0.1, 0.15) is 6.07 Å². The maximum absolute atomic E-state index is 13.5. The molecule has 0 aromatic carbocycles. The van der Waals surface area contributed by atoms with Gasteiger partial charge in [0.15, 0.2) is 5.03 Å². The second kappa shape index (κ2) is 10.4. The van der Waals surface area contributed by atoms with Crippen LogP contribution in [0.4, 0.5) is 0 Å². The lowest BCUT2D eigenvalue weighted by Crippen LogP contribution is -2.57. The average Bonchev–Trinajstić information content (AvgIpc) is 3.29. The first-order chi connectivity index (χ1) is 18.4. The predicted molar refractivity (Wildman–Crippen MR) is 150 cm³/mol. The van der Waals surface area contributed by atoms with E-state index in [4.69, 9.17) is 10.00 Å². The number of hydrogen-bond donors (Lipinski definition) is 1. The van der Waals surface area contributed by atoms with Crippen molar-refractivity contribution >= 4 is 10.0 Å². The van der Waals surface area contributed by atoms with Crippen LogP contribution in [0, 0.1) is 51.8 Å². The van der Waals surface area contributed by atoms with Crippen molar-refractivity contribution in [1.29, 1.82) is 5.26 Å². The van der Waals surface area contributed by atoms with Crippen molar-refractivity contribution in [1.82, 2.24) is 9.29 Å². The molecular weight excluding hydrogens is 510 g/mol. The van der Waals surface area contributed by atoms with Crippen molar-refractivity contribution in [2.45, 2.75) is 102 Å². The number of fused-ring (bicyclic) bond motifs is 5. The van der Waals surface area contributed by atoms with E-state index in [0.717, 1.165) is 32.1 Å². The van der Waals surface area contributed by atoms with Crippen LogP contribution in [-0.4, -0.2) is 54.7 Å². The van der Waals surface area contributed by atoms with E-state index < -0.39 is 15.6 Å². The minimum atomic E-state index is -3.75. The van der Waals surface area contributed by atoms with Gasteiger partial charge in [-0.3, -0.25) is 0 Å². The highest BCUT2D eigenvalue weighted by Gasteiger charge is 2.62. The van der Waals surface area contributed by atoms with Crippen molar-refractivity contribution in [3.05, 3.63) is 23.9 Å². The fraction of sp³-hybridized carbons (Fsp3) is 0.806. The van der Waals surface area contributed by atoms with Crippen LogP contribution < -0.4 is 0 Å². The smallest absolute Gasteiger partial charge is 0.260 e. The van der Waals surface area contributed by atoms with Crippen LogP contribution in [-0.2, 0) is 14.8 Å². The Morgan fingerprint density at radius 1 is 1.13 bits per heavy atom. The van der Waals surface area contributed by atoms with Gasteiger partial charge in [-0.2, -0.15) is 9.57 Å². The van der Waals surface area contributed by atoms with Crippen molar-refractivity contribution in [3.8, 4) is 6.07 Å². The Hall–Kier alpha value is -1.53. The number of nitriles is 1. The lowest BCUT2D eigenvalue weighted by Gasteiger charge is -2.62. The minimum Gasteiger partial charge on any atom is -0.387 e. The Morgan fingerprint density at radius 2 is 1.87 bits per heavy atom. The molecule has 39 heavy (non-hydrogen) atoms. The van der Waals surface area contributed by atoms with Gasteiger partial charge in [-0.15, -0.1) is 0 Å². The summed E-state index contributed by atoms with van der Waals surface area (Å²) in [5.74, 6) is 2.84. The number of sulfonamides is 1.